The number of carbonyl (C=O) groups excluding carboxylic acids is 1. The Bertz CT molecular complexity index is 430. The van der Waals surface area contributed by atoms with E-state index in [2.05, 4.69) is 5.32 Å². The second kappa shape index (κ2) is 4.22. The molecule has 0 aromatic heterocycles. The molecule has 1 heterocycles. The van der Waals surface area contributed by atoms with Crippen LogP contribution in [0.4, 0.5) is 4.79 Å². The van der Waals surface area contributed by atoms with Gasteiger partial charge in [0.25, 0.3) is 0 Å². The summed E-state index contributed by atoms with van der Waals surface area (Å²) in [6, 6.07) is 6.38. The smallest absolute Gasteiger partial charge is 0.407 e. The Hall–Kier alpha value is -2.04. The number of carboxylic acids is 1. The van der Waals surface area contributed by atoms with E-state index in [1.54, 1.807) is 18.2 Å². The van der Waals surface area contributed by atoms with Crippen LogP contribution >= 0.6 is 0 Å². The van der Waals surface area contributed by atoms with Crippen LogP contribution in [0.25, 0.3) is 0 Å². The lowest BCUT2D eigenvalue weighted by Gasteiger charge is -2.23. The van der Waals surface area contributed by atoms with Crippen LogP contribution in [-0.2, 0) is 4.74 Å². The number of alkyl carbamates (subject to hydrolysis) is 1. The van der Waals surface area contributed by atoms with Gasteiger partial charge in [0.1, 0.15) is 0 Å². The summed E-state index contributed by atoms with van der Waals surface area (Å²) in [5.41, 5.74) is 1.01. The van der Waals surface area contributed by atoms with E-state index in [1.807, 2.05) is 0 Å². The number of carbonyl (C=O) groups is 2. The monoisotopic (exact) mass is 221 g/mol. The van der Waals surface area contributed by atoms with Crippen LogP contribution in [-0.4, -0.2) is 23.8 Å². The summed E-state index contributed by atoms with van der Waals surface area (Å²) >= 11 is 0. The van der Waals surface area contributed by atoms with Crippen LogP contribution in [0.5, 0.6) is 0 Å². The topological polar surface area (TPSA) is 75.6 Å². The molecule has 16 heavy (non-hydrogen) atoms. The summed E-state index contributed by atoms with van der Waals surface area (Å²) < 4.78 is 4.74. The van der Waals surface area contributed by atoms with Gasteiger partial charge in [-0.15, -0.1) is 0 Å². The van der Waals surface area contributed by atoms with Crippen LogP contribution in [0, 0.1) is 0 Å². The molecule has 1 aliphatic heterocycles. The van der Waals surface area contributed by atoms with Crippen molar-refractivity contribution in [3.05, 3.63) is 35.4 Å². The van der Waals surface area contributed by atoms with Gasteiger partial charge in [0.05, 0.1) is 18.2 Å². The number of rotatable bonds is 2. The molecule has 1 fully saturated rings. The second-order valence-electron chi connectivity index (χ2n) is 3.55. The molecule has 0 radical (unpaired) electrons. The molecule has 5 nitrogen and oxygen atoms in total. The molecule has 1 aromatic carbocycles. The summed E-state index contributed by atoms with van der Waals surface area (Å²) in [6.07, 6.45) is 0.186. The highest BCUT2D eigenvalue weighted by molar-refractivity contribution is 5.87. The predicted octanol–water partition coefficient (Wildman–Crippen LogP) is 1.56. The number of hydrogen-bond donors (Lipinski definition) is 2. The zero-order valence-electron chi connectivity index (χ0n) is 8.47. The third kappa shape index (κ3) is 2.13. The van der Waals surface area contributed by atoms with E-state index in [9.17, 15) is 9.59 Å². The molecule has 84 valence electrons. The molecule has 2 N–H and O–H groups in total. The lowest BCUT2D eigenvalue weighted by Crippen LogP contribution is -2.35. The summed E-state index contributed by atoms with van der Waals surface area (Å²) in [4.78, 5) is 21.8. The fourth-order valence-corrected chi connectivity index (χ4v) is 1.66. The summed E-state index contributed by atoms with van der Waals surface area (Å²) in [5.74, 6) is -0.972. The lowest BCUT2D eigenvalue weighted by atomic mass is 10.0. The van der Waals surface area contributed by atoms with E-state index in [0.717, 1.165) is 5.56 Å². The summed E-state index contributed by atoms with van der Waals surface area (Å²) in [6.45, 7) is 0.355. The maximum Gasteiger partial charge on any atom is 0.407 e. The largest absolute Gasteiger partial charge is 0.478 e. The van der Waals surface area contributed by atoms with Gasteiger partial charge in [0.15, 0.2) is 0 Å². The molecule has 1 amide bonds. The minimum atomic E-state index is -0.972. The molecule has 2 rings (SSSR count). The Balaban J connectivity index is 2.22. The number of benzene rings is 1. The van der Waals surface area contributed by atoms with Crippen molar-refractivity contribution in [2.75, 3.05) is 6.61 Å². The van der Waals surface area contributed by atoms with Crippen molar-refractivity contribution in [1.29, 1.82) is 0 Å². The van der Waals surface area contributed by atoms with E-state index in [-0.39, 0.29) is 11.6 Å². The zero-order valence-corrected chi connectivity index (χ0v) is 8.47. The van der Waals surface area contributed by atoms with Gasteiger partial charge in [-0.25, -0.2) is 9.59 Å². The fourth-order valence-electron chi connectivity index (χ4n) is 1.66. The zero-order chi connectivity index (χ0) is 11.5. The third-order valence-corrected chi connectivity index (χ3v) is 2.47. The SMILES string of the molecule is O=C1NC(c2cccc(C(=O)O)c2)CCO1. The molecule has 0 saturated carbocycles. The molecule has 0 spiro atoms. The average molecular weight is 221 g/mol. The lowest BCUT2D eigenvalue weighted by molar-refractivity contribution is 0.0696. The average Bonchev–Trinajstić information content (AvgIpc) is 2.29. The summed E-state index contributed by atoms with van der Waals surface area (Å²) in [7, 11) is 0. The van der Waals surface area contributed by atoms with Crippen LogP contribution in [0.3, 0.4) is 0 Å². The van der Waals surface area contributed by atoms with E-state index < -0.39 is 12.1 Å². The van der Waals surface area contributed by atoms with Gasteiger partial charge in [-0.2, -0.15) is 0 Å². The number of amides is 1. The van der Waals surface area contributed by atoms with E-state index in [4.69, 9.17) is 9.84 Å². The molecule has 1 saturated heterocycles. The second-order valence-corrected chi connectivity index (χ2v) is 3.55. The maximum atomic E-state index is 11.0. The van der Waals surface area contributed by atoms with Gasteiger partial charge in [0, 0.05) is 6.42 Å². The number of nitrogens with one attached hydrogen (secondary N) is 1. The quantitative estimate of drug-likeness (QED) is 0.794. The first kappa shape index (κ1) is 10.5. The molecule has 0 bridgehead atoms. The first-order chi connectivity index (χ1) is 7.66. The van der Waals surface area contributed by atoms with Crippen LogP contribution in [0.2, 0.25) is 0 Å². The van der Waals surface area contributed by atoms with Gasteiger partial charge < -0.3 is 15.2 Å². The fraction of sp³-hybridized carbons (Fsp3) is 0.273. The molecule has 1 atom stereocenters. The minimum Gasteiger partial charge on any atom is -0.478 e. The van der Waals surface area contributed by atoms with Crippen LogP contribution in [0.15, 0.2) is 24.3 Å². The minimum absolute atomic E-state index is 0.166. The highest BCUT2D eigenvalue weighted by Crippen LogP contribution is 2.20. The van der Waals surface area contributed by atoms with E-state index in [0.29, 0.717) is 13.0 Å². The Morgan fingerprint density at radius 3 is 3.00 bits per heavy atom. The van der Waals surface area contributed by atoms with E-state index >= 15 is 0 Å². The highest BCUT2D eigenvalue weighted by Gasteiger charge is 2.21. The van der Waals surface area contributed by atoms with Crippen molar-refractivity contribution in [2.24, 2.45) is 0 Å². The number of aromatic carboxylic acids is 1. The van der Waals surface area contributed by atoms with Gasteiger partial charge in [-0.05, 0) is 17.7 Å². The maximum absolute atomic E-state index is 11.0. The molecular weight excluding hydrogens is 210 g/mol. The van der Waals surface area contributed by atoms with Gasteiger partial charge in [-0.1, -0.05) is 12.1 Å². The van der Waals surface area contributed by atoms with Gasteiger partial charge in [0.2, 0.25) is 0 Å². The number of cyclic esters (lactones) is 1. The summed E-state index contributed by atoms with van der Waals surface area (Å²) in [5, 5.41) is 11.5. The van der Waals surface area contributed by atoms with Crippen molar-refractivity contribution in [3.63, 3.8) is 0 Å². The number of carboxylic acid groups (broad SMARTS) is 1. The standard InChI is InChI=1S/C11H11NO4/c13-10(14)8-3-1-2-7(6-8)9-4-5-16-11(15)12-9/h1-3,6,9H,4-5H2,(H,12,15)(H,13,14). The Morgan fingerprint density at radius 1 is 1.50 bits per heavy atom. The highest BCUT2D eigenvalue weighted by atomic mass is 16.5. The van der Waals surface area contributed by atoms with Crippen molar-refractivity contribution < 1.29 is 19.4 Å². The molecule has 1 aliphatic rings. The van der Waals surface area contributed by atoms with Crippen molar-refractivity contribution in [2.45, 2.75) is 12.5 Å². The van der Waals surface area contributed by atoms with Crippen molar-refractivity contribution in [1.82, 2.24) is 5.32 Å². The molecule has 1 aromatic rings. The normalized spacial score (nSPS) is 19.8. The third-order valence-electron chi connectivity index (χ3n) is 2.47. The van der Waals surface area contributed by atoms with Gasteiger partial charge in [-0.3, -0.25) is 0 Å². The van der Waals surface area contributed by atoms with Crippen molar-refractivity contribution in [3.8, 4) is 0 Å². The molecule has 0 aliphatic carbocycles. The first-order valence-corrected chi connectivity index (χ1v) is 4.93. The molecule has 1 unspecified atom stereocenters. The molecular formula is C11H11NO4. The predicted molar refractivity (Wildman–Crippen MR) is 55.2 cm³/mol. The molecule has 5 heteroatoms. The Morgan fingerprint density at radius 2 is 2.31 bits per heavy atom. The Labute approximate surface area is 92.0 Å². The number of ether oxygens (including phenoxy) is 1. The van der Waals surface area contributed by atoms with Crippen molar-refractivity contribution >= 4 is 12.1 Å². The van der Waals surface area contributed by atoms with Crippen LogP contribution < -0.4 is 5.32 Å². The van der Waals surface area contributed by atoms with Crippen LogP contribution in [0.1, 0.15) is 28.4 Å². The number of hydrogen-bond acceptors (Lipinski definition) is 3. The first-order valence-electron chi connectivity index (χ1n) is 4.93. The van der Waals surface area contributed by atoms with Gasteiger partial charge >= 0.3 is 12.1 Å². The Kier molecular flexibility index (Phi) is 2.76. The van der Waals surface area contributed by atoms with E-state index in [1.165, 1.54) is 6.07 Å².